The number of hydrogen-bond donors (Lipinski definition) is 3. The topological polar surface area (TPSA) is 122 Å². The Morgan fingerprint density at radius 2 is 1.70 bits per heavy atom. The van der Waals surface area contributed by atoms with Crippen LogP contribution in [0.5, 0.6) is 0 Å². The summed E-state index contributed by atoms with van der Waals surface area (Å²) in [6, 6.07) is 15.5. The quantitative estimate of drug-likeness (QED) is 0.396. The number of nitrogens with zero attached hydrogens (tertiary/aromatic N) is 1. The molecule has 1 aromatic heterocycles. The molecule has 0 aliphatic heterocycles. The molecule has 2 amide bonds. The number of rotatable bonds is 7. The highest BCUT2D eigenvalue weighted by molar-refractivity contribution is 5.82. The Balaban J connectivity index is 0.000000364. The zero-order valence-electron chi connectivity index (χ0n) is 21.6. The lowest BCUT2D eigenvalue weighted by Gasteiger charge is -2.19. The van der Waals surface area contributed by atoms with Crippen molar-refractivity contribution >= 4 is 18.0 Å². The minimum atomic E-state index is -0.667. The zero-order valence-corrected chi connectivity index (χ0v) is 21.6. The number of aromatic amines is 1. The van der Waals surface area contributed by atoms with Crippen LogP contribution in [0.15, 0.2) is 60.8 Å². The number of imidazole rings is 1. The standard InChI is InChI=1S/C18H23FN4O3.C9H10O2/c1-11(22-15(24)10-21-17(25)26-18(2,3)4)16-20-9-14(23-16)12-7-5-6-8-13(12)19;1-8(10)11-7-9-5-3-2-4-6-9/h5-9,11H,10H2,1-4H3,(H,20,23)(H,21,25)(H,22,24);2-6H,7H2,1H3. The zero-order chi connectivity index (χ0) is 27.4. The second kappa shape index (κ2) is 13.8. The van der Waals surface area contributed by atoms with Gasteiger partial charge in [0, 0.05) is 12.5 Å². The number of nitrogens with one attached hydrogen (secondary N) is 3. The Hall–Kier alpha value is -4.21. The lowest BCUT2D eigenvalue weighted by molar-refractivity contribution is -0.142. The smallest absolute Gasteiger partial charge is 0.408 e. The maximum Gasteiger partial charge on any atom is 0.408 e. The second-order valence-corrected chi connectivity index (χ2v) is 9.07. The number of alkyl carbamates (subject to hydrolysis) is 1. The normalized spacial score (nSPS) is 11.4. The summed E-state index contributed by atoms with van der Waals surface area (Å²) in [6.45, 7) is 8.49. The monoisotopic (exact) mass is 512 g/mol. The molecule has 3 aromatic rings. The number of hydrogen-bond acceptors (Lipinski definition) is 6. The molecular formula is C27H33FN4O5. The van der Waals surface area contributed by atoms with Crippen LogP contribution in [0.1, 0.15) is 52.0 Å². The minimum absolute atomic E-state index is 0.222. The summed E-state index contributed by atoms with van der Waals surface area (Å²) in [5.74, 6) is -0.518. The molecule has 2 aromatic carbocycles. The third-order valence-electron chi connectivity index (χ3n) is 4.62. The van der Waals surface area contributed by atoms with E-state index in [0.717, 1.165) is 5.56 Å². The maximum absolute atomic E-state index is 13.8. The molecule has 10 heteroatoms. The molecule has 0 aliphatic carbocycles. The summed E-state index contributed by atoms with van der Waals surface area (Å²) < 4.78 is 23.7. The Morgan fingerprint density at radius 1 is 1.05 bits per heavy atom. The van der Waals surface area contributed by atoms with Gasteiger partial charge in [-0.2, -0.15) is 0 Å². The summed E-state index contributed by atoms with van der Waals surface area (Å²) in [5, 5.41) is 5.08. The molecule has 3 rings (SSSR count). The van der Waals surface area contributed by atoms with Crippen molar-refractivity contribution in [2.24, 2.45) is 0 Å². The Labute approximate surface area is 215 Å². The van der Waals surface area contributed by atoms with E-state index in [0.29, 0.717) is 23.7 Å². The second-order valence-electron chi connectivity index (χ2n) is 9.07. The molecule has 1 heterocycles. The highest BCUT2D eigenvalue weighted by Gasteiger charge is 2.18. The first-order valence-electron chi connectivity index (χ1n) is 11.7. The molecule has 0 spiro atoms. The van der Waals surface area contributed by atoms with E-state index >= 15 is 0 Å². The number of benzene rings is 2. The molecule has 0 saturated carbocycles. The Morgan fingerprint density at radius 3 is 2.32 bits per heavy atom. The minimum Gasteiger partial charge on any atom is -0.461 e. The highest BCUT2D eigenvalue weighted by Crippen LogP contribution is 2.22. The first kappa shape index (κ1) is 29.0. The van der Waals surface area contributed by atoms with E-state index in [-0.39, 0.29) is 18.3 Å². The average Bonchev–Trinajstić information content (AvgIpc) is 3.32. The van der Waals surface area contributed by atoms with E-state index in [1.54, 1.807) is 45.9 Å². The van der Waals surface area contributed by atoms with Crippen LogP contribution in [0, 0.1) is 5.82 Å². The lowest BCUT2D eigenvalue weighted by Crippen LogP contribution is -2.40. The van der Waals surface area contributed by atoms with Crippen LogP contribution >= 0.6 is 0 Å². The summed E-state index contributed by atoms with van der Waals surface area (Å²) >= 11 is 0. The van der Waals surface area contributed by atoms with Gasteiger partial charge in [0.1, 0.15) is 30.4 Å². The van der Waals surface area contributed by atoms with Crippen molar-refractivity contribution in [3.63, 3.8) is 0 Å². The Kier molecular flexibility index (Phi) is 10.8. The molecule has 3 N–H and O–H groups in total. The molecule has 0 fully saturated rings. The molecule has 37 heavy (non-hydrogen) atoms. The van der Waals surface area contributed by atoms with Crippen molar-refractivity contribution in [3.8, 4) is 11.3 Å². The number of carbonyl (C=O) groups is 3. The summed E-state index contributed by atoms with van der Waals surface area (Å²) in [5.41, 5.74) is 1.30. The van der Waals surface area contributed by atoms with Gasteiger partial charge in [0.25, 0.3) is 0 Å². The van der Waals surface area contributed by atoms with E-state index in [9.17, 15) is 18.8 Å². The van der Waals surface area contributed by atoms with Crippen LogP contribution in [0.4, 0.5) is 9.18 Å². The number of amides is 2. The molecule has 1 unspecified atom stereocenters. The maximum atomic E-state index is 13.8. The fraction of sp³-hybridized carbons (Fsp3) is 0.333. The Bertz CT molecular complexity index is 1170. The highest BCUT2D eigenvalue weighted by atomic mass is 19.1. The SMILES string of the molecule is CC(=O)OCc1ccccc1.CC(NC(=O)CNC(=O)OC(C)(C)C)c1ncc(-c2ccccc2F)[nH]1. The van der Waals surface area contributed by atoms with Gasteiger partial charge < -0.3 is 25.1 Å². The number of aromatic nitrogens is 2. The van der Waals surface area contributed by atoms with Crippen LogP contribution in [0.25, 0.3) is 11.3 Å². The average molecular weight is 513 g/mol. The van der Waals surface area contributed by atoms with Gasteiger partial charge in [-0.25, -0.2) is 14.2 Å². The third-order valence-corrected chi connectivity index (χ3v) is 4.62. The number of H-pyrrole nitrogens is 1. The van der Waals surface area contributed by atoms with Crippen molar-refractivity contribution < 1.29 is 28.2 Å². The molecule has 9 nitrogen and oxygen atoms in total. The number of ether oxygens (including phenoxy) is 2. The molecule has 198 valence electrons. The molecular weight excluding hydrogens is 479 g/mol. The van der Waals surface area contributed by atoms with Crippen LogP contribution in [0.3, 0.4) is 0 Å². The molecule has 0 radical (unpaired) electrons. The van der Waals surface area contributed by atoms with Gasteiger partial charge in [0.05, 0.1) is 17.9 Å². The molecule has 0 aliphatic rings. The van der Waals surface area contributed by atoms with Crippen molar-refractivity contribution in [1.82, 2.24) is 20.6 Å². The first-order valence-corrected chi connectivity index (χ1v) is 11.7. The van der Waals surface area contributed by atoms with Gasteiger partial charge in [-0.15, -0.1) is 0 Å². The molecule has 0 saturated heterocycles. The van der Waals surface area contributed by atoms with E-state index in [2.05, 4.69) is 20.6 Å². The van der Waals surface area contributed by atoms with E-state index < -0.39 is 23.6 Å². The predicted octanol–water partition coefficient (Wildman–Crippen LogP) is 4.67. The van der Waals surface area contributed by atoms with Crippen LogP contribution in [-0.4, -0.2) is 40.1 Å². The van der Waals surface area contributed by atoms with Gasteiger partial charge in [-0.1, -0.05) is 42.5 Å². The largest absolute Gasteiger partial charge is 0.461 e. The lowest BCUT2D eigenvalue weighted by atomic mass is 10.1. The van der Waals surface area contributed by atoms with Gasteiger partial charge in [0.2, 0.25) is 5.91 Å². The fourth-order valence-electron chi connectivity index (χ4n) is 2.96. The third kappa shape index (κ3) is 10.9. The molecule has 0 bridgehead atoms. The van der Waals surface area contributed by atoms with Crippen molar-refractivity contribution in [2.45, 2.75) is 52.9 Å². The van der Waals surface area contributed by atoms with Crippen LogP contribution in [0.2, 0.25) is 0 Å². The van der Waals surface area contributed by atoms with Gasteiger partial charge in [-0.3, -0.25) is 9.59 Å². The van der Waals surface area contributed by atoms with Crippen LogP contribution < -0.4 is 10.6 Å². The van der Waals surface area contributed by atoms with Gasteiger partial charge >= 0.3 is 12.1 Å². The number of carbonyl (C=O) groups excluding carboxylic acids is 3. The predicted molar refractivity (Wildman–Crippen MR) is 137 cm³/mol. The van der Waals surface area contributed by atoms with E-state index in [4.69, 9.17) is 9.47 Å². The van der Waals surface area contributed by atoms with E-state index in [1.165, 1.54) is 19.2 Å². The van der Waals surface area contributed by atoms with Crippen LogP contribution in [-0.2, 0) is 25.7 Å². The molecule has 1 atom stereocenters. The van der Waals surface area contributed by atoms with E-state index in [1.807, 2.05) is 30.3 Å². The number of halogens is 1. The van der Waals surface area contributed by atoms with Crippen molar-refractivity contribution in [3.05, 3.63) is 78.0 Å². The van der Waals surface area contributed by atoms with Crippen molar-refractivity contribution in [1.29, 1.82) is 0 Å². The summed E-state index contributed by atoms with van der Waals surface area (Å²) in [6.07, 6.45) is 0.843. The number of esters is 1. The summed E-state index contributed by atoms with van der Waals surface area (Å²) in [7, 11) is 0. The van der Waals surface area contributed by atoms with Crippen molar-refractivity contribution in [2.75, 3.05) is 6.54 Å². The van der Waals surface area contributed by atoms with Gasteiger partial charge in [0.15, 0.2) is 0 Å². The fourth-order valence-corrected chi connectivity index (χ4v) is 2.96. The first-order chi connectivity index (χ1) is 17.4. The summed E-state index contributed by atoms with van der Waals surface area (Å²) in [4.78, 5) is 41.1. The van der Waals surface area contributed by atoms with Gasteiger partial charge in [-0.05, 0) is 45.4 Å².